The van der Waals surface area contributed by atoms with Crippen molar-refractivity contribution < 1.29 is 14.3 Å². The van der Waals surface area contributed by atoms with E-state index in [0.717, 1.165) is 17.7 Å². The molecule has 1 aromatic rings. The van der Waals surface area contributed by atoms with Gasteiger partial charge in [0, 0.05) is 18.5 Å². The molecule has 0 radical (unpaired) electrons. The lowest BCUT2D eigenvalue weighted by Gasteiger charge is -2.18. The van der Waals surface area contributed by atoms with Crippen LogP contribution in [0.15, 0.2) is 18.2 Å². The minimum absolute atomic E-state index is 0.138. The van der Waals surface area contributed by atoms with Crippen LogP contribution in [0.2, 0.25) is 0 Å². The van der Waals surface area contributed by atoms with Gasteiger partial charge in [0.2, 0.25) is 0 Å². The summed E-state index contributed by atoms with van der Waals surface area (Å²) >= 11 is 0. The second-order valence-electron chi connectivity index (χ2n) is 5.12. The Labute approximate surface area is 107 Å². The zero-order valence-electron chi connectivity index (χ0n) is 11.1. The van der Waals surface area contributed by atoms with E-state index in [1.54, 1.807) is 0 Å². The number of hydrogen-bond donors (Lipinski definition) is 1. The third kappa shape index (κ3) is 2.82. The molecule has 0 atom stereocenters. The number of rotatable bonds is 4. The van der Waals surface area contributed by atoms with Crippen LogP contribution in [0.1, 0.15) is 25.0 Å². The number of fused-ring (bicyclic) bond motifs is 1. The smallest absolute Gasteiger partial charge is 0.319 e. The Balaban J connectivity index is 2.03. The van der Waals surface area contributed by atoms with Crippen molar-refractivity contribution in [1.29, 1.82) is 0 Å². The third-order valence-corrected chi connectivity index (χ3v) is 2.99. The van der Waals surface area contributed by atoms with Crippen molar-refractivity contribution in [2.75, 3.05) is 13.7 Å². The van der Waals surface area contributed by atoms with Crippen LogP contribution in [-0.2, 0) is 22.5 Å². The van der Waals surface area contributed by atoms with E-state index >= 15 is 0 Å². The standard InChI is InChI=1S/C14H19NO3/c1-14(2)7-10-5-4-6-11(13(10)18-14)8-15-9-12(16)17-3/h4-6,15H,7-9H2,1-3H3. The molecular formula is C14H19NO3. The number of benzene rings is 1. The van der Waals surface area contributed by atoms with Crippen LogP contribution >= 0.6 is 0 Å². The molecule has 0 spiro atoms. The van der Waals surface area contributed by atoms with Crippen molar-refractivity contribution in [3.63, 3.8) is 0 Å². The van der Waals surface area contributed by atoms with Gasteiger partial charge in [0.25, 0.3) is 0 Å². The molecule has 4 nitrogen and oxygen atoms in total. The minimum atomic E-state index is -0.260. The predicted octanol–water partition coefficient (Wildman–Crippen LogP) is 1.66. The summed E-state index contributed by atoms with van der Waals surface area (Å²) in [5.74, 6) is 0.698. The normalized spacial score (nSPS) is 15.9. The van der Waals surface area contributed by atoms with Crippen molar-refractivity contribution in [2.45, 2.75) is 32.4 Å². The van der Waals surface area contributed by atoms with E-state index in [9.17, 15) is 4.79 Å². The number of hydrogen-bond acceptors (Lipinski definition) is 4. The monoisotopic (exact) mass is 249 g/mol. The molecule has 1 aliphatic rings. The maximum Gasteiger partial charge on any atom is 0.319 e. The second-order valence-corrected chi connectivity index (χ2v) is 5.12. The lowest BCUT2D eigenvalue weighted by atomic mass is 10.0. The van der Waals surface area contributed by atoms with E-state index in [4.69, 9.17) is 4.74 Å². The van der Waals surface area contributed by atoms with Crippen LogP contribution in [0, 0.1) is 0 Å². The highest BCUT2D eigenvalue weighted by Gasteiger charge is 2.31. The van der Waals surface area contributed by atoms with Crippen molar-refractivity contribution in [2.24, 2.45) is 0 Å². The molecular weight excluding hydrogens is 230 g/mol. The van der Waals surface area contributed by atoms with Crippen LogP contribution in [0.25, 0.3) is 0 Å². The van der Waals surface area contributed by atoms with Gasteiger partial charge in [-0.2, -0.15) is 0 Å². The summed E-state index contributed by atoms with van der Waals surface area (Å²) in [5.41, 5.74) is 2.18. The maximum absolute atomic E-state index is 11.0. The minimum Gasteiger partial charge on any atom is -0.487 e. The molecule has 0 aromatic heterocycles. The summed E-state index contributed by atoms with van der Waals surface area (Å²) in [7, 11) is 1.38. The maximum atomic E-state index is 11.0. The Morgan fingerprint density at radius 3 is 3.00 bits per heavy atom. The Hall–Kier alpha value is -1.55. The van der Waals surface area contributed by atoms with Crippen LogP contribution in [-0.4, -0.2) is 25.2 Å². The zero-order chi connectivity index (χ0) is 13.2. The van der Waals surface area contributed by atoms with Gasteiger partial charge in [-0.3, -0.25) is 4.79 Å². The lowest BCUT2D eigenvalue weighted by molar-refractivity contribution is -0.139. The van der Waals surface area contributed by atoms with Crippen LogP contribution in [0.5, 0.6) is 5.75 Å². The summed E-state index contributed by atoms with van der Waals surface area (Å²) in [6, 6.07) is 6.14. The molecule has 0 aliphatic carbocycles. The number of methoxy groups -OCH3 is 1. The molecule has 0 saturated carbocycles. The first-order valence-corrected chi connectivity index (χ1v) is 6.09. The lowest BCUT2D eigenvalue weighted by Crippen LogP contribution is -2.26. The molecule has 2 rings (SSSR count). The molecule has 1 heterocycles. The first-order chi connectivity index (χ1) is 8.52. The van der Waals surface area contributed by atoms with E-state index in [-0.39, 0.29) is 18.1 Å². The molecule has 0 fully saturated rings. The Morgan fingerprint density at radius 2 is 2.28 bits per heavy atom. The highest BCUT2D eigenvalue weighted by Crippen LogP contribution is 2.37. The summed E-state index contributed by atoms with van der Waals surface area (Å²) in [5, 5.41) is 3.05. The largest absolute Gasteiger partial charge is 0.487 e. The van der Waals surface area contributed by atoms with Crippen LogP contribution in [0.3, 0.4) is 0 Å². The third-order valence-electron chi connectivity index (χ3n) is 2.99. The fourth-order valence-corrected chi connectivity index (χ4v) is 2.19. The van der Waals surface area contributed by atoms with Crippen molar-refractivity contribution in [1.82, 2.24) is 5.32 Å². The molecule has 1 N–H and O–H groups in total. The Bertz CT molecular complexity index is 454. The molecule has 0 saturated heterocycles. The van der Waals surface area contributed by atoms with Gasteiger partial charge in [-0.15, -0.1) is 0 Å². The molecule has 0 bridgehead atoms. The number of esters is 1. The second kappa shape index (κ2) is 4.98. The number of carbonyl (C=O) groups is 1. The molecule has 1 aliphatic heterocycles. The summed E-state index contributed by atoms with van der Waals surface area (Å²) in [4.78, 5) is 11.0. The van der Waals surface area contributed by atoms with Gasteiger partial charge in [0.1, 0.15) is 11.4 Å². The highest BCUT2D eigenvalue weighted by molar-refractivity contribution is 5.71. The van der Waals surface area contributed by atoms with Crippen molar-refractivity contribution in [3.8, 4) is 5.75 Å². The molecule has 0 unspecified atom stereocenters. The van der Waals surface area contributed by atoms with Gasteiger partial charge in [-0.05, 0) is 19.4 Å². The predicted molar refractivity (Wildman–Crippen MR) is 68.6 cm³/mol. The first kappa shape index (κ1) is 12.9. The number of nitrogens with one attached hydrogen (secondary N) is 1. The number of carbonyl (C=O) groups excluding carboxylic acids is 1. The average Bonchev–Trinajstić information content (AvgIpc) is 2.63. The topological polar surface area (TPSA) is 47.6 Å². The van der Waals surface area contributed by atoms with Gasteiger partial charge in [0.15, 0.2) is 0 Å². The van der Waals surface area contributed by atoms with Gasteiger partial charge in [-0.25, -0.2) is 0 Å². The molecule has 4 heteroatoms. The van der Waals surface area contributed by atoms with E-state index in [1.807, 2.05) is 12.1 Å². The molecule has 1 aromatic carbocycles. The molecule has 98 valence electrons. The summed E-state index contributed by atoms with van der Waals surface area (Å²) in [6.45, 7) is 4.98. The number of para-hydroxylation sites is 1. The quantitative estimate of drug-likeness (QED) is 0.824. The summed E-state index contributed by atoms with van der Waals surface area (Å²) in [6.07, 6.45) is 0.924. The van der Waals surface area contributed by atoms with E-state index in [2.05, 4.69) is 30.0 Å². The number of ether oxygens (including phenoxy) is 2. The molecule has 18 heavy (non-hydrogen) atoms. The van der Waals surface area contributed by atoms with E-state index in [1.165, 1.54) is 12.7 Å². The van der Waals surface area contributed by atoms with E-state index < -0.39 is 0 Å². The average molecular weight is 249 g/mol. The van der Waals surface area contributed by atoms with Crippen LogP contribution < -0.4 is 10.1 Å². The summed E-state index contributed by atoms with van der Waals surface area (Å²) < 4.78 is 10.5. The van der Waals surface area contributed by atoms with Gasteiger partial charge >= 0.3 is 5.97 Å². The van der Waals surface area contributed by atoms with Crippen molar-refractivity contribution >= 4 is 5.97 Å². The Morgan fingerprint density at radius 1 is 1.50 bits per heavy atom. The van der Waals surface area contributed by atoms with Crippen molar-refractivity contribution in [3.05, 3.63) is 29.3 Å². The SMILES string of the molecule is COC(=O)CNCc1cccc2c1OC(C)(C)C2. The van der Waals surface area contributed by atoms with E-state index in [0.29, 0.717) is 6.54 Å². The van der Waals surface area contributed by atoms with Gasteiger partial charge < -0.3 is 14.8 Å². The Kier molecular flexibility index (Phi) is 3.57. The first-order valence-electron chi connectivity index (χ1n) is 6.09. The highest BCUT2D eigenvalue weighted by atomic mass is 16.5. The zero-order valence-corrected chi connectivity index (χ0v) is 11.1. The fraction of sp³-hybridized carbons (Fsp3) is 0.500. The van der Waals surface area contributed by atoms with Gasteiger partial charge in [-0.1, -0.05) is 18.2 Å². The molecule has 0 amide bonds. The van der Waals surface area contributed by atoms with Gasteiger partial charge in [0.05, 0.1) is 13.7 Å². The van der Waals surface area contributed by atoms with Crippen LogP contribution in [0.4, 0.5) is 0 Å². The fourth-order valence-electron chi connectivity index (χ4n) is 2.19.